The highest BCUT2D eigenvalue weighted by atomic mass is 15.5. The number of fused-ring (bicyclic) bond motifs is 1. The Morgan fingerprint density at radius 1 is 1.20 bits per heavy atom. The van der Waals surface area contributed by atoms with E-state index in [1.54, 1.807) is 0 Å². The normalized spacial score (nSPS) is 30.9. The number of aliphatic imine (C=N–C) groups is 1. The number of amidine groups is 1. The zero-order valence-corrected chi connectivity index (χ0v) is 13.7. The third kappa shape index (κ3) is 2.04. The van der Waals surface area contributed by atoms with Crippen LogP contribution in [-0.2, 0) is 0 Å². The zero-order chi connectivity index (χ0) is 14.7. The standard InChI is InChI=1S/C16H26BN3/c1-11-7-13(19-20-8-12(2)18-14(11)20)17-9-15(3,4)16(5,6)10-17/h7,12H,8-10H2,1-6H3. The van der Waals surface area contributed by atoms with Gasteiger partial charge in [-0.3, -0.25) is 4.99 Å². The molecule has 0 aliphatic carbocycles. The van der Waals surface area contributed by atoms with E-state index < -0.39 is 0 Å². The fourth-order valence-corrected chi connectivity index (χ4v) is 3.77. The van der Waals surface area contributed by atoms with Crippen molar-refractivity contribution in [3.05, 3.63) is 11.6 Å². The predicted octanol–water partition coefficient (Wildman–Crippen LogP) is 3.50. The average Bonchev–Trinajstić information content (AvgIpc) is 2.77. The molecule has 108 valence electrons. The summed E-state index contributed by atoms with van der Waals surface area (Å²) in [4.78, 5) is 4.68. The third-order valence-electron chi connectivity index (χ3n) is 5.74. The highest BCUT2D eigenvalue weighted by Crippen LogP contribution is 2.53. The molecule has 0 saturated carbocycles. The van der Waals surface area contributed by atoms with Crippen LogP contribution in [0.25, 0.3) is 0 Å². The summed E-state index contributed by atoms with van der Waals surface area (Å²) in [6.07, 6.45) is 4.74. The molecule has 1 saturated heterocycles. The summed E-state index contributed by atoms with van der Waals surface area (Å²) in [6.45, 7) is 15.5. The molecule has 4 heteroatoms. The Morgan fingerprint density at radius 2 is 1.80 bits per heavy atom. The van der Waals surface area contributed by atoms with Gasteiger partial charge in [-0.1, -0.05) is 40.3 Å². The van der Waals surface area contributed by atoms with Gasteiger partial charge in [0.05, 0.1) is 12.6 Å². The van der Waals surface area contributed by atoms with Crippen LogP contribution >= 0.6 is 0 Å². The van der Waals surface area contributed by atoms with Crippen molar-refractivity contribution < 1.29 is 0 Å². The highest BCUT2D eigenvalue weighted by Gasteiger charge is 2.49. The predicted molar refractivity (Wildman–Crippen MR) is 87.7 cm³/mol. The number of rotatable bonds is 1. The molecule has 20 heavy (non-hydrogen) atoms. The van der Waals surface area contributed by atoms with E-state index in [9.17, 15) is 0 Å². The van der Waals surface area contributed by atoms with Gasteiger partial charge in [0.2, 0.25) is 6.71 Å². The number of allylic oxidation sites excluding steroid dienone is 1. The second-order valence-electron chi connectivity index (χ2n) is 8.11. The van der Waals surface area contributed by atoms with E-state index in [0.29, 0.717) is 23.6 Å². The van der Waals surface area contributed by atoms with Crippen molar-refractivity contribution in [2.75, 3.05) is 6.54 Å². The maximum absolute atomic E-state index is 4.90. The van der Waals surface area contributed by atoms with Crippen LogP contribution in [0.3, 0.4) is 0 Å². The van der Waals surface area contributed by atoms with Crippen molar-refractivity contribution in [2.24, 2.45) is 20.9 Å². The minimum absolute atomic E-state index is 0.368. The van der Waals surface area contributed by atoms with Gasteiger partial charge in [0.15, 0.2) is 0 Å². The number of hydrogen-bond donors (Lipinski definition) is 0. The highest BCUT2D eigenvalue weighted by molar-refractivity contribution is 6.94. The van der Waals surface area contributed by atoms with Gasteiger partial charge < -0.3 is 0 Å². The molecule has 0 radical (unpaired) electrons. The largest absolute Gasteiger partial charge is 0.262 e. The number of nitrogens with zero attached hydrogens (tertiary/aromatic N) is 3. The molecule has 3 rings (SSSR count). The Morgan fingerprint density at radius 3 is 2.40 bits per heavy atom. The van der Waals surface area contributed by atoms with Gasteiger partial charge in [-0.25, -0.2) is 5.01 Å². The SMILES string of the molecule is CC1=CC(B2CC(C)(C)C(C)(C)C2)=NN2CC(C)N=C12. The Labute approximate surface area is 123 Å². The minimum Gasteiger partial charge on any atom is -0.262 e. The topological polar surface area (TPSA) is 28.0 Å². The molecule has 0 spiro atoms. The molecule has 3 heterocycles. The Bertz CT molecular complexity index is 512. The molecule has 3 aliphatic rings. The number of hydrogen-bond acceptors (Lipinski definition) is 3. The first-order valence-corrected chi connectivity index (χ1v) is 7.82. The van der Waals surface area contributed by atoms with E-state index in [4.69, 9.17) is 5.10 Å². The quantitative estimate of drug-likeness (QED) is 0.671. The first-order valence-electron chi connectivity index (χ1n) is 7.82. The second-order valence-corrected chi connectivity index (χ2v) is 8.11. The summed E-state index contributed by atoms with van der Waals surface area (Å²) in [5.74, 6) is 1.08. The van der Waals surface area contributed by atoms with Crippen LogP contribution < -0.4 is 0 Å². The summed E-state index contributed by atoms with van der Waals surface area (Å²) in [5, 5.41) is 7.02. The molecule has 0 amide bonds. The summed E-state index contributed by atoms with van der Waals surface area (Å²) in [7, 11) is 0. The van der Waals surface area contributed by atoms with E-state index in [-0.39, 0.29) is 0 Å². The zero-order valence-electron chi connectivity index (χ0n) is 13.7. The van der Waals surface area contributed by atoms with Gasteiger partial charge in [-0.15, -0.1) is 0 Å². The van der Waals surface area contributed by atoms with Gasteiger partial charge in [0.25, 0.3) is 0 Å². The van der Waals surface area contributed by atoms with Crippen molar-refractivity contribution in [3.63, 3.8) is 0 Å². The van der Waals surface area contributed by atoms with E-state index in [1.165, 1.54) is 23.8 Å². The molecule has 1 unspecified atom stereocenters. The first-order chi connectivity index (χ1) is 9.19. The average molecular weight is 271 g/mol. The van der Waals surface area contributed by atoms with Gasteiger partial charge in [0.1, 0.15) is 5.84 Å². The van der Waals surface area contributed by atoms with E-state index in [1.807, 2.05) is 0 Å². The van der Waals surface area contributed by atoms with E-state index >= 15 is 0 Å². The summed E-state index contributed by atoms with van der Waals surface area (Å²) in [5.41, 5.74) is 3.32. The van der Waals surface area contributed by atoms with Crippen LogP contribution in [0.4, 0.5) is 0 Å². The maximum Gasteiger partial charge on any atom is 0.203 e. The number of hydrazone groups is 1. The fraction of sp³-hybridized carbons (Fsp3) is 0.750. The van der Waals surface area contributed by atoms with Crippen LogP contribution in [0.5, 0.6) is 0 Å². The summed E-state index contributed by atoms with van der Waals surface area (Å²) in [6, 6.07) is 0.368. The van der Waals surface area contributed by atoms with Crippen LogP contribution in [-0.4, -0.2) is 35.8 Å². The van der Waals surface area contributed by atoms with Gasteiger partial charge in [-0.2, -0.15) is 5.10 Å². The van der Waals surface area contributed by atoms with Crippen LogP contribution in [0.1, 0.15) is 41.5 Å². The monoisotopic (exact) mass is 271 g/mol. The lowest BCUT2D eigenvalue weighted by Gasteiger charge is -2.35. The Hall–Kier alpha value is -1.06. The molecule has 0 aromatic rings. The van der Waals surface area contributed by atoms with Crippen molar-refractivity contribution in [2.45, 2.75) is 60.2 Å². The van der Waals surface area contributed by atoms with Crippen molar-refractivity contribution in [1.29, 1.82) is 0 Å². The van der Waals surface area contributed by atoms with Crippen LogP contribution in [0, 0.1) is 10.8 Å². The Kier molecular flexibility index (Phi) is 2.93. The van der Waals surface area contributed by atoms with Crippen LogP contribution in [0.15, 0.2) is 21.7 Å². The molecule has 3 aliphatic heterocycles. The maximum atomic E-state index is 4.90. The molecule has 1 fully saturated rings. The third-order valence-corrected chi connectivity index (χ3v) is 5.74. The van der Waals surface area contributed by atoms with Gasteiger partial charge in [0, 0.05) is 5.61 Å². The lowest BCUT2D eigenvalue weighted by Crippen LogP contribution is -2.34. The molecular formula is C16H26BN3. The summed E-state index contributed by atoms with van der Waals surface area (Å²) < 4.78 is 0. The molecular weight excluding hydrogens is 245 g/mol. The molecule has 0 aromatic carbocycles. The van der Waals surface area contributed by atoms with E-state index in [2.05, 4.69) is 57.6 Å². The molecule has 3 nitrogen and oxygen atoms in total. The molecule has 0 N–H and O–H groups in total. The lowest BCUT2D eigenvalue weighted by molar-refractivity contribution is 0.177. The van der Waals surface area contributed by atoms with Crippen LogP contribution in [0.2, 0.25) is 12.6 Å². The molecule has 0 aromatic heterocycles. The van der Waals surface area contributed by atoms with Gasteiger partial charge >= 0.3 is 0 Å². The lowest BCUT2D eigenvalue weighted by atomic mass is 9.42. The van der Waals surface area contributed by atoms with Crippen molar-refractivity contribution in [3.8, 4) is 0 Å². The van der Waals surface area contributed by atoms with Crippen molar-refractivity contribution in [1.82, 2.24) is 5.01 Å². The summed E-state index contributed by atoms with van der Waals surface area (Å²) >= 11 is 0. The smallest absolute Gasteiger partial charge is 0.203 e. The Balaban J connectivity index is 1.87. The van der Waals surface area contributed by atoms with Gasteiger partial charge in [-0.05, 0) is 36.3 Å². The second kappa shape index (κ2) is 4.22. The molecule has 1 atom stereocenters. The van der Waals surface area contributed by atoms with Crippen molar-refractivity contribution >= 4 is 18.2 Å². The molecule has 0 bridgehead atoms. The van der Waals surface area contributed by atoms with E-state index in [0.717, 1.165) is 12.4 Å². The fourth-order valence-electron chi connectivity index (χ4n) is 3.77. The first kappa shape index (κ1) is 13.9. The minimum atomic E-state index is 0.368.